The van der Waals surface area contributed by atoms with Gasteiger partial charge in [0.25, 0.3) is 0 Å². The van der Waals surface area contributed by atoms with Gasteiger partial charge in [-0.25, -0.2) is 9.97 Å². The lowest BCUT2D eigenvalue weighted by Gasteiger charge is -2.16. The summed E-state index contributed by atoms with van der Waals surface area (Å²) < 4.78 is 2.20. The molecule has 18 heavy (non-hydrogen) atoms. The van der Waals surface area contributed by atoms with Crippen LogP contribution >= 0.6 is 0 Å². The van der Waals surface area contributed by atoms with Gasteiger partial charge in [0.15, 0.2) is 0 Å². The average molecular weight is 244 g/mol. The van der Waals surface area contributed by atoms with Crippen molar-refractivity contribution in [2.75, 3.05) is 6.54 Å². The van der Waals surface area contributed by atoms with E-state index in [9.17, 15) is 0 Å². The van der Waals surface area contributed by atoms with Crippen LogP contribution in [0.3, 0.4) is 0 Å². The van der Waals surface area contributed by atoms with Gasteiger partial charge in [-0.2, -0.15) is 0 Å². The van der Waals surface area contributed by atoms with E-state index < -0.39 is 0 Å². The molecule has 0 aromatic carbocycles. The van der Waals surface area contributed by atoms with Gasteiger partial charge in [0.2, 0.25) is 0 Å². The molecular weight excluding hydrogens is 224 g/mol. The van der Waals surface area contributed by atoms with Gasteiger partial charge >= 0.3 is 0 Å². The highest BCUT2D eigenvalue weighted by atomic mass is 15.1. The number of rotatable bonds is 6. The third-order valence-electron chi connectivity index (χ3n) is 2.94. The maximum absolute atomic E-state index is 4.26. The summed E-state index contributed by atoms with van der Waals surface area (Å²) in [6.07, 6.45) is 6.79. The fraction of sp³-hybridized carbons (Fsp3) is 0.429. The maximum Gasteiger partial charge on any atom is 0.147 e. The van der Waals surface area contributed by atoms with E-state index >= 15 is 0 Å². The van der Waals surface area contributed by atoms with Crippen molar-refractivity contribution in [1.29, 1.82) is 0 Å². The minimum absolute atomic E-state index is 0.351. The van der Waals surface area contributed by atoms with Gasteiger partial charge in [0, 0.05) is 30.3 Å². The van der Waals surface area contributed by atoms with Crippen molar-refractivity contribution in [3.05, 3.63) is 48.3 Å². The standard InChI is InChI=1S/C14H20N4/c1-3-7-15-12(2)13-6-4-10-18(13)11-14-16-8-5-9-17-14/h4-6,8-10,12,15H,3,7,11H2,1-2H3. The van der Waals surface area contributed by atoms with E-state index in [1.165, 1.54) is 5.69 Å². The summed E-state index contributed by atoms with van der Waals surface area (Å²) in [6.45, 7) is 6.12. The molecule has 2 aromatic rings. The van der Waals surface area contributed by atoms with E-state index in [0.717, 1.165) is 25.3 Å². The second kappa shape index (κ2) is 6.31. The van der Waals surface area contributed by atoms with E-state index in [1.807, 2.05) is 6.07 Å². The van der Waals surface area contributed by atoms with Crippen LogP contribution in [0.15, 0.2) is 36.8 Å². The predicted octanol–water partition coefficient (Wildman–Crippen LogP) is 2.39. The highest BCUT2D eigenvalue weighted by Crippen LogP contribution is 2.14. The van der Waals surface area contributed by atoms with E-state index in [1.54, 1.807) is 12.4 Å². The average Bonchev–Trinajstić information content (AvgIpc) is 2.85. The van der Waals surface area contributed by atoms with Gasteiger partial charge in [-0.05, 0) is 38.1 Å². The van der Waals surface area contributed by atoms with Crippen LogP contribution in [0.5, 0.6) is 0 Å². The Morgan fingerprint density at radius 3 is 2.78 bits per heavy atom. The molecular formula is C14H20N4. The molecule has 0 aliphatic heterocycles. The SMILES string of the molecule is CCCNC(C)c1cccn1Cc1ncccn1. The van der Waals surface area contributed by atoms with E-state index in [-0.39, 0.29) is 0 Å². The fourth-order valence-electron chi connectivity index (χ4n) is 1.99. The first-order chi connectivity index (χ1) is 8.81. The van der Waals surface area contributed by atoms with Crippen molar-refractivity contribution in [1.82, 2.24) is 19.9 Å². The van der Waals surface area contributed by atoms with Gasteiger partial charge < -0.3 is 9.88 Å². The molecule has 2 heterocycles. The lowest BCUT2D eigenvalue weighted by atomic mass is 10.2. The number of hydrogen-bond acceptors (Lipinski definition) is 3. The Morgan fingerprint density at radius 1 is 1.28 bits per heavy atom. The van der Waals surface area contributed by atoms with Crippen molar-refractivity contribution in [3.8, 4) is 0 Å². The normalized spacial score (nSPS) is 12.6. The zero-order valence-electron chi connectivity index (χ0n) is 11.0. The predicted molar refractivity (Wildman–Crippen MR) is 72.3 cm³/mol. The molecule has 2 rings (SSSR count). The summed E-state index contributed by atoms with van der Waals surface area (Å²) >= 11 is 0. The van der Waals surface area contributed by atoms with Crippen molar-refractivity contribution < 1.29 is 0 Å². The van der Waals surface area contributed by atoms with E-state index in [2.05, 4.69) is 52.0 Å². The Hall–Kier alpha value is -1.68. The molecule has 0 aliphatic carbocycles. The molecule has 1 atom stereocenters. The molecule has 2 aromatic heterocycles. The molecule has 0 radical (unpaired) electrons. The van der Waals surface area contributed by atoms with E-state index in [4.69, 9.17) is 0 Å². The van der Waals surface area contributed by atoms with Crippen molar-refractivity contribution >= 4 is 0 Å². The van der Waals surface area contributed by atoms with Crippen molar-refractivity contribution in [2.24, 2.45) is 0 Å². The van der Waals surface area contributed by atoms with Gasteiger partial charge in [0.1, 0.15) is 5.82 Å². The summed E-state index contributed by atoms with van der Waals surface area (Å²) in [5.74, 6) is 0.845. The number of aromatic nitrogens is 3. The third kappa shape index (κ3) is 3.17. The van der Waals surface area contributed by atoms with E-state index in [0.29, 0.717) is 6.04 Å². The Kier molecular flexibility index (Phi) is 4.47. The van der Waals surface area contributed by atoms with Gasteiger partial charge in [-0.15, -0.1) is 0 Å². The third-order valence-corrected chi connectivity index (χ3v) is 2.94. The number of hydrogen-bond donors (Lipinski definition) is 1. The Labute approximate surface area is 108 Å². The molecule has 96 valence electrons. The monoisotopic (exact) mass is 244 g/mol. The van der Waals surface area contributed by atoms with Crippen LogP contribution in [0.2, 0.25) is 0 Å². The van der Waals surface area contributed by atoms with Crippen LogP contribution in [-0.2, 0) is 6.54 Å². The van der Waals surface area contributed by atoms with Crippen LogP contribution in [0.4, 0.5) is 0 Å². The molecule has 4 nitrogen and oxygen atoms in total. The molecule has 0 bridgehead atoms. The molecule has 4 heteroatoms. The van der Waals surface area contributed by atoms with Crippen LogP contribution < -0.4 is 5.32 Å². The first kappa shape index (κ1) is 12.8. The molecule has 0 spiro atoms. The second-order valence-electron chi connectivity index (χ2n) is 4.40. The number of nitrogens with zero attached hydrogens (tertiary/aromatic N) is 3. The quantitative estimate of drug-likeness (QED) is 0.848. The van der Waals surface area contributed by atoms with Gasteiger partial charge in [0.05, 0.1) is 6.54 Å². The zero-order chi connectivity index (χ0) is 12.8. The number of nitrogens with one attached hydrogen (secondary N) is 1. The Bertz CT molecular complexity index is 464. The Morgan fingerprint density at radius 2 is 2.06 bits per heavy atom. The lowest BCUT2D eigenvalue weighted by Crippen LogP contribution is -2.22. The van der Waals surface area contributed by atoms with Crippen LogP contribution in [0, 0.1) is 0 Å². The molecule has 0 saturated heterocycles. The smallest absolute Gasteiger partial charge is 0.147 e. The van der Waals surface area contributed by atoms with Crippen LogP contribution in [-0.4, -0.2) is 21.1 Å². The first-order valence-electron chi connectivity index (χ1n) is 6.45. The highest BCUT2D eigenvalue weighted by molar-refractivity contribution is 5.12. The van der Waals surface area contributed by atoms with Crippen LogP contribution in [0.1, 0.15) is 37.8 Å². The minimum atomic E-state index is 0.351. The topological polar surface area (TPSA) is 42.7 Å². The summed E-state index contributed by atoms with van der Waals surface area (Å²) in [4.78, 5) is 8.53. The molecule has 0 saturated carbocycles. The minimum Gasteiger partial charge on any atom is -0.342 e. The summed E-state index contributed by atoms with van der Waals surface area (Å²) in [6, 6.07) is 6.41. The summed E-state index contributed by atoms with van der Waals surface area (Å²) in [5.41, 5.74) is 1.27. The van der Waals surface area contributed by atoms with Crippen molar-refractivity contribution in [3.63, 3.8) is 0 Å². The zero-order valence-corrected chi connectivity index (χ0v) is 11.0. The lowest BCUT2D eigenvalue weighted by molar-refractivity contribution is 0.531. The van der Waals surface area contributed by atoms with Crippen molar-refractivity contribution in [2.45, 2.75) is 32.9 Å². The first-order valence-corrected chi connectivity index (χ1v) is 6.45. The molecule has 1 N–H and O–H groups in total. The summed E-state index contributed by atoms with van der Waals surface area (Å²) in [7, 11) is 0. The van der Waals surface area contributed by atoms with Crippen LogP contribution in [0.25, 0.3) is 0 Å². The van der Waals surface area contributed by atoms with Gasteiger partial charge in [-0.3, -0.25) is 0 Å². The fourth-order valence-corrected chi connectivity index (χ4v) is 1.99. The maximum atomic E-state index is 4.26. The second-order valence-corrected chi connectivity index (χ2v) is 4.40. The summed E-state index contributed by atoms with van der Waals surface area (Å²) in [5, 5.41) is 3.50. The Balaban J connectivity index is 2.08. The molecule has 0 aliphatic rings. The molecule has 1 unspecified atom stereocenters. The largest absolute Gasteiger partial charge is 0.342 e. The van der Waals surface area contributed by atoms with Gasteiger partial charge in [-0.1, -0.05) is 6.92 Å². The molecule has 0 fully saturated rings. The highest BCUT2D eigenvalue weighted by Gasteiger charge is 2.09. The molecule has 0 amide bonds.